The van der Waals surface area contributed by atoms with Crippen LogP contribution in [0.3, 0.4) is 0 Å². The van der Waals surface area contributed by atoms with Crippen molar-refractivity contribution in [3.63, 3.8) is 0 Å². The Morgan fingerprint density at radius 2 is 1.64 bits per heavy atom. The molecule has 3 aromatic rings. The molecule has 0 aliphatic heterocycles. The summed E-state index contributed by atoms with van der Waals surface area (Å²) < 4.78 is 5.63. The summed E-state index contributed by atoms with van der Waals surface area (Å²) in [4.78, 5) is 0. The molecule has 2 heteroatoms. The Bertz CT molecular complexity index is 906. The second kappa shape index (κ2) is 7.10. The van der Waals surface area contributed by atoms with Crippen molar-refractivity contribution < 1.29 is 4.74 Å². The maximum atomic E-state index is 7.81. The molecular formula is C23H25NO. The first-order valence-corrected chi connectivity index (χ1v) is 8.76. The van der Waals surface area contributed by atoms with Crippen molar-refractivity contribution >= 4 is 17.0 Å². The summed E-state index contributed by atoms with van der Waals surface area (Å²) in [6.45, 7) is 6.62. The number of ether oxygens (including phenoxy) is 1. The Balaban J connectivity index is 2.22. The lowest BCUT2D eigenvalue weighted by molar-refractivity contribution is 0.419. The first kappa shape index (κ1) is 17.2. The van der Waals surface area contributed by atoms with Crippen LogP contribution in [-0.4, -0.2) is 13.3 Å². The van der Waals surface area contributed by atoms with Crippen LogP contribution < -0.4 is 4.74 Å². The Morgan fingerprint density at radius 1 is 0.920 bits per heavy atom. The van der Waals surface area contributed by atoms with E-state index in [1.54, 1.807) is 7.11 Å². The first-order valence-electron chi connectivity index (χ1n) is 8.76. The van der Waals surface area contributed by atoms with Gasteiger partial charge in [-0.25, -0.2) is 0 Å². The highest BCUT2D eigenvalue weighted by molar-refractivity contribution is 5.92. The van der Waals surface area contributed by atoms with Crippen LogP contribution in [-0.2, 0) is 0 Å². The highest BCUT2D eigenvalue weighted by Gasteiger charge is 2.18. The third-order valence-corrected chi connectivity index (χ3v) is 4.98. The van der Waals surface area contributed by atoms with Crippen LogP contribution in [0, 0.1) is 5.41 Å². The third kappa shape index (κ3) is 3.17. The van der Waals surface area contributed by atoms with Crippen LogP contribution >= 0.6 is 0 Å². The topological polar surface area (TPSA) is 33.1 Å². The second-order valence-electron chi connectivity index (χ2n) is 6.81. The highest BCUT2D eigenvalue weighted by atomic mass is 16.5. The minimum atomic E-state index is 0.176. The molecule has 3 aromatic carbocycles. The van der Waals surface area contributed by atoms with Crippen LogP contribution in [0.4, 0.5) is 0 Å². The van der Waals surface area contributed by atoms with E-state index in [2.05, 4.69) is 63.2 Å². The lowest BCUT2D eigenvalue weighted by Gasteiger charge is -2.20. The van der Waals surface area contributed by atoms with E-state index in [-0.39, 0.29) is 5.92 Å². The Hall–Kier alpha value is -2.61. The van der Waals surface area contributed by atoms with Gasteiger partial charge in [0.25, 0.3) is 0 Å². The van der Waals surface area contributed by atoms with Crippen LogP contribution in [0.5, 0.6) is 5.75 Å². The predicted molar refractivity (Wildman–Crippen MR) is 106 cm³/mol. The van der Waals surface area contributed by atoms with E-state index >= 15 is 0 Å². The van der Waals surface area contributed by atoms with E-state index in [1.807, 2.05) is 12.1 Å². The molecule has 0 heterocycles. The molecule has 3 rings (SSSR count). The van der Waals surface area contributed by atoms with Crippen LogP contribution in [0.1, 0.15) is 54.9 Å². The Kier molecular flexibility index (Phi) is 4.89. The number of hydrogen-bond donors (Lipinski definition) is 1. The summed E-state index contributed by atoms with van der Waals surface area (Å²) >= 11 is 0. The molecule has 0 fully saturated rings. The van der Waals surface area contributed by atoms with Crippen molar-refractivity contribution in [2.75, 3.05) is 7.11 Å². The van der Waals surface area contributed by atoms with Gasteiger partial charge in [-0.15, -0.1) is 0 Å². The van der Waals surface area contributed by atoms with E-state index in [1.165, 1.54) is 28.3 Å². The molecule has 0 radical (unpaired) electrons. The van der Waals surface area contributed by atoms with Gasteiger partial charge < -0.3 is 10.1 Å². The van der Waals surface area contributed by atoms with E-state index in [9.17, 15) is 0 Å². The van der Waals surface area contributed by atoms with Crippen molar-refractivity contribution in [3.05, 3.63) is 76.9 Å². The summed E-state index contributed by atoms with van der Waals surface area (Å²) in [5.41, 5.74) is 4.71. The van der Waals surface area contributed by atoms with E-state index in [0.29, 0.717) is 5.92 Å². The molecule has 0 aliphatic rings. The van der Waals surface area contributed by atoms with E-state index < -0.39 is 0 Å². The van der Waals surface area contributed by atoms with Gasteiger partial charge in [0.05, 0.1) is 7.11 Å². The molecule has 1 unspecified atom stereocenters. The van der Waals surface area contributed by atoms with Crippen LogP contribution in [0.2, 0.25) is 0 Å². The third-order valence-electron chi connectivity index (χ3n) is 4.98. The lowest BCUT2D eigenvalue weighted by atomic mass is 9.85. The quantitative estimate of drug-likeness (QED) is 0.561. The van der Waals surface area contributed by atoms with Crippen molar-refractivity contribution in [1.29, 1.82) is 5.41 Å². The number of fused-ring (bicyclic) bond motifs is 1. The number of nitrogens with one attached hydrogen (secondary N) is 1. The van der Waals surface area contributed by atoms with Gasteiger partial charge >= 0.3 is 0 Å². The molecule has 0 amide bonds. The minimum Gasteiger partial charge on any atom is -0.496 e. The second-order valence-corrected chi connectivity index (χ2v) is 6.81. The van der Waals surface area contributed by atoms with Crippen molar-refractivity contribution in [2.24, 2.45) is 0 Å². The molecule has 0 aliphatic carbocycles. The molecule has 0 spiro atoms. The number of rotatable bonds is 5. The summed E-state index contributed by atoms with van der Waals surface area (Å²) in [5, 5.41) is 10.1. The fourth-order valence-corrected chi connectivity index (χ4v) is 3.49. The zero-order chi connectivity index (χ0) is 18.0. The maximum Gasteiger partial charge on any atom is 0.126 e. The van der Waals surface area contributed by atoms with Crippen LogP contribution in [0.25, 0.3) is 10.8 Å². The van der Waals surface area contributed by atoms with E-state index in [0.717, 1.165) is 16.7 Å². The smallest absolute Gasteiger partial charge is 0.126 e. The molecule has 128 valence electrons. The summed E-state index contributed by atoms with van der Waals surface area (Å²) in [6, 6.07) is 19.0. The van der Waals surface area contributed by atoms with Gasteiger partial charge in [0.15, 0.2) is 0 Å². The van der Waals surface area contributed by atoms with Gasteiger partial charge in [0.1, 0.15) is 5.75 Å². The molecule has 0 saturated carbocycles. The summed E-state index contributed by atoms with van der Waals surface area (Å²) in [6.07, 6.45) is 1.46. The molecule has 0 saturated heterocycles. The average molecular weight is 331 g/mol. The van der Waals surface area contributed by atoms with Gasteiger partial charge in [0, 0.05) is 17.5 Å². The molecule has 1 N–H and O–H groups in total. The van der Waals surface area contributed by atoms with Gasteiger partial charge in [-0.1, -0.05) is 69.3 Å². The molecule has 25 heavy (non-hydrogen) atoms. The molecule has 1 atom stereocenters. The molecule has 2 nitrogen and oxygen atoms in total. The fourth-order valence-electron chi connectivity index (χ4n) is 3.49. The maximum absolute atomic E-state index is 7.81. The van der Waals surface area contributed by atoms with Gasteiger partial charge in [-0.3, -0.25) is 0 Å². The van der Waals surface area contributed by atoms with Gasteiger partial charge in [-0.2, -0.15) is 0 Å². The summed E-state index contributed by atoms with van der Waals surface area (Å²) in [7, 11) is 1.72. The first-order chi connectivity index (χ1) is 12.1. The zero-order valence-electron chi connectivity index (χ0n) is 15.3. The zero-order valence-corrected chi connectivity index (χ0v) is 15.3. The standard InChI is InChI=1S/C23H25NO/c1-15(2)18-11-12-19(14-24)21(13-18)16(3)20-9-5-7-17-8-6-10-22(25-4)23(17)20/h5-16,24H,1-4H3. The Morgan fingerprint density at radius 3 is 2.28 bits per heavy atom. The molecule has 0 bridgehead atoms. The van der Waals surface area contributed by atoms with Gasteiger partial charge in [-0.05, 0) is 39.6 Å². The van der Waals surface area contributed by atoms with Gasteiger partial charge in [0.2, 0.25) is 0 Å². The monoisotopic (exact) mass is 331 g/mol. The van der Waals surface area contributed by atoms with Crippen molar-refractivity contribution in [2.45, 2.75) is 32.6 Å². The Labute approximate surface area is 150 Å². The summed E-state index contributed by atoms with van der Waals surface area (Å²) in [5.74, 6) is 1.54. The normalized spacial score (nSPS) is 12.4. The van der Waals surface area contributed by atoms with Crippen molar-refractivity contribution in [3.8, 4) is 5.75 Å². The number of hydrogen-bond acceptors (Lipinski definition) is 2. The number of benzene rings is 3. The highest BCUT2D eigenvalue weighted by Crippen LogP contribution is 2.37. The van der Waals surface area contributed by atoms with E-state index in [4.69, 9.17) is 10.1 Å². The minimum absolute atomic E-state index is 0.176. The fraction of sp³-hybridized carbons (Fsp3) is 0.261. The SMILES string of the molecule is COc1cccc2cccc(C(C)c3cc(C(C)C)ccc3C=N)c12. The lowest BCUT2D eigenvalue weighted by Crippen LogP contribution is -2.04. The molecule has 0 aromatic heterocycles. The molecular weight excluding hydrogens is 306 g/mol. The average Bonchev–Trinajstić information content (AvgIpc) is 2.65. The van der Waals surface area contributed by atoms with Crippen LogP contribution in [0.15, 0.2) is 54.6 Å². The number of methoxy groups -OCH3 is 1. The predicted octanol–water partition coefficient (Wildman–Crippen LogP) is 6.12. The van der Waals surface area contributed by atoms with Crippen molar-refractivity contribution in [1.82, 2.24) is 0 Å². The largest absolute Gasteiger partial charge is 0.496 e.